The molecule has 4 heterocycles. The van der Waals surface area contributed by atoms with Gasteiger partial charge in [0.25, 0.3) is 0 Å². The van der Waals surface area contributed by atoms with Crippen LogP contribution in [0.4, 0.5) is 11.6 Å². The summed E-state index contributed by atoms with van der Waals surface area (Å²) >= 11 is 0. The molecule has 0 saturated carbocycles. The second-order valence-electron chi connectivity index (χ2n) is 8.50. The van der Waals surface area contributed by atoms with Gasteiger partial charge in [-0.2, -0.15) is 0 Å². The fraction of sp³-hybridized carbons (Fsp3) is 0.320. The van der Waals surface area contributed by atoms with Crippen molar-refractivity contribution in [3.05, 3.63) is 77.5 Å². The van der Waals surface area contributed by atoms with Crippen molar-refractivity contribution < 1.29 is 0 Å². The molecule has 0 spiro atoms. The van der Waals surface area contributed by atoms with Gasteiger partial charge >= 0.3 is 0 Å². The number of aryl methyl sites for hydroxylation is 2. The van der Waals surface area contributed by atoms with Crippen molar-refractivity contribution >= 4 is 22.5 Å². The third kappa shape index (κ3) is 4.44. The number of piperidine rings is 1. The summed E-state index contributed by atoms with van der Waals surface area (Å²) in [5.74, 6) is 2.83. The van der Waals surface area contributed by atoms with Gasteiger partial charge in [-0.3, -0.25) is 4.90 Å². The van der Waals surface area contributed by atoms with Crippen molar-refractivity contribution in [2.75, 3.05) is 18.4 Å². The molecule has 6 heteroatoms. The first-order valence-electron chi connectivity index (χ1n) is 11.0. The summed E-state index contributed by atoms with van der Waals surface area (Å²) in [5.41, 5.74) is 4.86. The fourth-order valence-electron chi connectivity index (χ4n) is 4.54. The number of aromatic nitrogens is 4. The van der Waals surface area contributed by atoms with E-state index in [1.807, 2.05) is 25.3 Å². The van der Waals surface area contributed by atoms with Crippen LogP contribution in [0.1, 0.15) is 41.4 Å². The maximum atomic E-state index is 4.79. The monoisotopic (exact) mass is 412 g/mol. The van der Waals surface area contributed by atoms with Crippen LogP contribution < -0.4 is 5.32 Å². The molecule has 4 aromatic rings. The van der Waals surface area contributed by atoms with E-state index in [-0.39, 0.29) is 0 Å². The van der Waals surface area contributed by atoms with Gasteiger partial charge in [0.15, 0.2) is 0 Å². The Morgan fingerprint density at radius 2 is 2.00 bits per heavy atom. The molecule has 6 nitrogen and oxygen atoms in total. The molecule has 1 atom stereocenters. The van der Waals surface area contributed by atoms with Gasteiger partial charge < -0.3 is 10.3 Å². The van der Waals surface area contributed by atoms with Crippen molar-refractivity contribution in [3.63, 3.8) is 0 Å². The molecule has 2 N–H and O–H groups in total. The molecular weight excluding hydrogens is 384 g/mol. The second kappa shape index (κ2) is 8.47. The molecule has 0 bridgehead atoms. The number of pyridine rings is 1. The predicted molar refractivity (Wildman–Crippen MR) is 125 cm³/mol. The number of H-pyrrole nitrogens is 1. The van der Waals surface area contributed by atoms with Crippen molar-refractivity contribution in [3.8, 4) is 0 Å². The van der Waals surface area contributed by atoms with E-state index >= 15 is 0 Å². The Kier molecular flexibility index (Phi) is 5.38. The van der Waals surface area contributed by atoms with E-state index in [1.165, 1.54) is 28.5 Å². The van der Waals surface area contributed by atoms with Crippen LogP contribution in [0, 0.1) is 13.8 Å². The van der Waals surface area contributed by atoms with Gasteiger partial charge in [-0.1, -0.05) is 18.2 Å². The van der Waals surface area contributed by atoms with Crippen LogP contribution in [0.15, 0.2) is 54.9 Å². The normalized spacial score (nSPS) is 17.2. The smallest absolute Gasteiger partial charge is 0.135 e. The number of hydrogen-bond acceptors (Lipinski definition) is 5. The van der Waals surface area contributed by atoms with Crippen LogP contribution in [-0.2, 0) is 6.54 Å². The lowest BCUT2D eigenvalue weighted by molar-refractivity contribution is 0.199. The molecular formula is C25H28N6. The largest absolute Gasteiger partial charge is 0.361 e. The maximum absolute atomic E-state index is 4.79. The Morgan fingerprint density at radius 3 is 2.90 bits per heavy atom. The number of rotatable bonds is 5. The SMILES string of the molecule is Cc1ccnc(Nc2cc(C3CCCN(Cc4c[nH]c5ccccc45)C3)nc(C)n2)c1. The third-order valence-electron chi connectivity index (χ3n) is 6.02. The molecule has 5 rings (SSSR count). The fourth-order valence-corrected chi connectivity index (χ4v) is 4.54. The van der Waals surface area contributed by atoms with Crippen LogP contribution in [0.3, 0.4) is 0 Å². The number of likely N-dealkylation sites (tertiary alicyclic amines) is 1. The highest BCUT2D eigenvalue weighted by molar-refractivity contribution is 5.82. The van der Waals surface area contributed by atoms with Crippen LogP contribution in [0.5, 0.6) is 0 Å². The summed E-state index contributed by atoms with van der Waals surface area (Å²) in [7, 11) is 0. The number of nitrogens with one attached hydrogen (secondary N) is 2. The lowest BCUT2D eigenvalue weighted by Gasteiger charge is -2.32. The first-order chi connectivity index (χ1) is 15.1. The van der Waals surface area contributed by atoms with Gasteiger partial charge in [0.1, 0.15) is 17.5 Å². The van der Waals surface area contributed by atoms with Gasteiger partial charge in [0.2, 0.25) is 0 Å². The Hall–Kier alpha value is -3.25. The van der Waals surface area contributed by atoms with Crippen LogP contribution in [0.2, 0.25) is 0 Å². The van der Waals surface area contributed by atoms with E-state index in [9.17, 15) is 0 Å². The van der Waals surface area contributed by atoms with Gasteiger partial charge in [-0.05, 0) is 62.6 Å². The molecule has 1 aliphatic heterocycles. The molecule has 0 aliphatic carbocycles. The molecule has 1 saturated heterocycles. The highest BCUT2D eigenvalue weighted by Gasteiger charge is 2.24. The number of fused-ring (bicyclic) bond motifs is 1. The lowest BCUT2D eigenvalue weighted by Crippen LogP contribution is -2.34. The summed E-state index contributed by atoms with van der Waals surface area (Å²) in [6.45, 7) is 7.12. The lowest BCUT2D eigenvalue weighted by atomic mass is 9.94. The minimum atomic E-state index is 0.409. The molecule has 158 valence electrons. The standard InChI is InChI=1S/C25H28N6/c1-17-9-10-26-24(12-17)30-25-13-23(28-18(2)29-25)19-6-5-11-31(15-19)16-20-14-27-22-8-4-3-7-21(20)22/h3-4,7-10,12-14,19,27H,5-6,11,15-16H2,1-2H3,(H,26,28,29,30). The van der Waals surface area contributed by atoms with Crippen molar-refractivity contribution in [1.29, 1.82) is 0 Å². The van der Waals surface area contributed by atoms with E-state index < -0.39 is 0 Å². The zero-order valence-electron chi connectivity index (χ0n) is 18.1. The molecule has 1 aliphatic rings. The zero-order valence-corrected chi connectivity index (χ0v) is 18.1. The van der Waals surface area contributed by atoms with Crippen molar-refractivity contribution in [1.82, 2.24) is 24.8 Å². The molecule has 1 aromatic carbocycles. The second-order valence-corrected chi connectivity index (χ2v) is 8.50. The van der Waals surface area contributed by atoms with Crippen LogP contribution in [-0.4, -0.2) is 37.9 Å². The molecule has 0 radical (unpaired) electrons. The topological polar surface area (TPSA) is 69.7 Å². The van der Waals surface area contributed by atoms with Gasteiger partial charge in [0, 0.05) is 48.4 Å². The average Bonchev–Trinajstić information content (AvgIpc) is 3.16. The summed E-state index contributed by atoms with van der Waals surface area (Å²) in [4.78, 5) is 19.7. The maximum Gasteiger partial charge on any atom is 0.135 e. The number of anilines is 2. The Morgan fingerprint density at radius 1 is 1.10 bits per heavy atom. The number of aromatic amines is 1. The van der Waals surface area contributed by atoms with E-state index in [0.717, 1.165) is 49.2 Å². The summed E-state index contributed by atoms with van der Waals surface area (Å²) in [6, 6.07) is 14.6. The van der Waals surface area contributed by atoms with Gasteiger partial charge in [-0.15, -0.1) is 0 Å². The van der Waals surface area contributed by atoms with E-state index in [1.54, 1.807) is 0 Å². The number of para-hydroxylation sites is 1. The van der Waals surface area contributed by atoms with Gasteiger partial charge in [0.05, 0.1) is 5.69 Å². The molecule has 1 fully saturated rings. The Balaban J connectivity index is 1.33. The third-order valence-corrected chi connectivity index (χ3v) is 6.02. The molecule has 0 amide bonds. The number of hydrogen-bond donors (Lipinski definition) is 2. The summed E-state index contributed by atoms with van der Waals surface area (Å²) in [6.07, 6.45) is 6.30. The Labute approximate surface area is 182 Å². The summed E-state index contributed by atoms with van der Waals surface area (Å²) < 4.78 is 0. The molecule has 3 aromatic heterocycles. The van der Waals surface area contributed by atoms with E-state index in [4.69, 9.17) is 4.98 Å². The minimum absolute atomic E-state index is 0.409. The van der Waals surface area contributed by atoms with Crippen molar-refractivity contribution in [2.24, 2.45) is 0 Å². The quantitative estimate of drug-likeness (QED) is 0.478. The van der Waals surface area contributed by atoms with Crippen LogP contribution in [0.25, 0.3) is 10.9 Å². The first kappa shape index (κ1) is 19.7. The number of benzene rings is 1. The van der Waals surface area contributed by atoms with E-state index in [2.05, 4.69) is 68.6 Å². The number of nitrogens with zero attached hydrogens (tertiary/aromatic N) is 4. The minimum Gasteiger partial charge on any atom is -0.361 e. The van der Waals surface area contributed by atoms with E-state index in [0.29, 0.717) is 5.92 Å². The van der Waals surface area contributed by atoms with Crippen molar-refractivity contribution in [2.45, 2.75) is 39.2 Å². The Bertz CT molecular complexity index is 1200. The highest BCUT2D eigenvalue weighted by atomic mass is 15.1. The predicted octanol–water partition coefficient (Wildman–Crippen LogP) is 5.09. The average molecular weight is 413 g/mol. The van der Waals surface area contributed by atoms with Gasteiger partial charge in [-0.25, -0.2) is 15.0 Å². The first-order valence-corrected chi connectivity index (χ1v) is 11.0. The van der Waals surface area contributed by atoms with Crippen LogP contribution >= 0.6 is 0 Å². The molecule has 31 heavy (non-hydrogen) atoms. The molecule has 1 unspecified atom stereocenters. The highest BCUT2D eigenvalue weighted by Crippen LogP contribution is 2.29. The summed E-state index contributed by atoms with van der Waals surface area (Å²) in [5, 5.41) is 4.67. The zero-order chi connectivity index (χ0) is 21.2.